The van der Waals surface area contributed by atoms with Crippen LogP contribution in [0.2, 0.25) is 5.02 Å². The molecule has 1 N–H and O–H groups in total. The molecule has 0 saturated carbocycles. The smallest absolute Gasteiger partial charge is 0.438 e. The molecule has 0 bridgehead atoms. The minimum atomic E-state index is -5.00. The summed E-state index contributed by atoms with van der Waals surface area (Å²) in [6, 6.07) is 11.4. The number of aliphatic hydroxyl groups is 1. The molecule has 0 fully saturated rings. The zero-order valence-corrected chi connectivity index (χ0v) is 18.4. The van der Waals surface area contributed by atoms with Crippen LogP contribution in [0.3, 0.4) is 0 Å². The van der Waals surface area contributed by atoms with Crippen LogP contribution in [0.15, 0.2) is 52.9 Å². The first-order valence-corrected chi connectivity index (χ1v) is 10.5. The Labute approximate surface area is 190 Å². The van der Waals surface area contributed by atoms with Crippen molar-refractivity contribution in [1.82, 2.24) is 4.98 Å². The quantitative estimate of drug-likeness (QED) is 0.530. The lowest BCUT2D eigenvalue weighted by Crippen LogP contribution is -2.55. The molecule has 0 aliphatic carbocycles. The Morgan fingerprint density at radius 3 is 2.47 bits per heavy atom. The molecular formula is C21H17ClF3N3O3S. The second-order valence-corrected chi connectivity index (χ2v) is 8.21. The first-order valence-electron chi connectivity index (χ1n) is 9.27. The van der Waals surface area contributed by atoms with Gasteiger partial charge in [-0.15, -0.1) is 11.3 Å². The average molecular weight is 484 g/mol. The molecule has 168 valence electrons. The highest BCUT2D eigenvalue weighted by Crippen LogP contribution is 2.46. The van der Waals surface area contributed by atoms with Gasteiger partial charge in [-0.05, 0) is 24.3 Å². The Balaban J connectivity index is 1.77. The van der Waals surface area contributed by atoms with Crippen molar-refractivity contribution in [2.45, 2.75) is 18.3 Å². The number of hydrogen-bond acceptors (Lipinski definition) is 7. The van der Waals surface area contributed by atoms with Crippen molar-refractivity contribution in [2.24, 2.45) is 5.10 Å². The molecule has 11 heteroatoms. The lowest BCUT2D eigenvalue weighted by molar-refractivity contribution is -0.254. The normalized spacial score (nSPS) is 18.6. The van der Waals surface area contributed by atoms with Gasteiger partial charge in [0.1, 0.15) is 11.5 Å². The van der Waals surface area contributed by atoms with Crippen molar-refractivity contribution in [3.63, 3.8) is 0 Å². The fourth-order valence-corrected chi connectivity index (χ4v) is 4.24. The number of hydrogen-bond donors (Lipinski definition) is 1. The number of methoxy groups -OCH3 is 2. The second kappa shape index (κ2) is 8.27. The number of halogens is 4. The molecule has 3 aromatic rings. The number of thiazole rings is 1. The molecule has 4 rings (SSSR count). The van der Waals surface area contributed by atoms with Gasteiger partial charge in [-0.25, -0.2) is 4.98 Å². The van der Waals surface area contributed by atoms with E-state index in [9.17, 15) is 18.3 Å². The summed E-state index contributed by atoms with van der Waals surface area (Å²) in [5, 5.41) is 17.4. The third-order valence-electron chi connectivity index (χ3n) is 4.97. The fourth-order valence-electron chi connectivity index (χ4n) is 3.27. The highest BCUT2D eigenvalue weighted by atomic mass is 35.5. The molecule has 0 radical (unpaired) electrons. The predicted molar refractivity (Wildman–Crippen MR) is 117 cm³/mol. The van der Waals surface area contributed by atoms with Gasteiger partial charge in [0.05, 0.1) is 32.0 Å². The summed E-state index contributed by atoms with van der Waals surface area (Å²) in [6.45, 7) is 0. The van der Waals surface area contributed by atoms with Gasteiger partial charge in [0.15, 0.2) is 0 Å². The highest BCUT2D eigenvalue weighted by Gasteiger charge is 2.62. The molecule has 0 amide bonds. The number of aromatic nitrogens is 1. The van der Waals surface area contributed by atoms with Gasteiger partial charge < -0.3 is 14.6 Å². The average Bonchev–Trinajstić information content (AvgIpc) is 3.38. The number of rotatable bonds is 5. The van der Waals surface area contributed by atoms with Crippen molar-refractivity contribution < 1.29 is 27.8 Å². The first-order chi connectivity index (χ1) is 15.2. The van der Waals surface area contributed by atoms with Crippen LogP contribution in [0.1, 0.15) is 12.0 Å². The van der Waals surface area contributed by atoms with Crippen LogP contribution >= 0.6 is 22.9 Å². The van der Waals surface area contributed by atoms with Crippen LogP contribution in [0, 0.1) is 0 Å². The van der Waals surface area contributed by atoms with Gasteiger partial charge in [0.2, 0.25) is 5.13 Å². The summed E-state index contributed by atoms with van der Waals surface area (Å²) >= 11 is 6.83. The van der Waals surface area contributed by atoms with Crippen molar-refractivity contribution in [3.8, 4) is 22.8 Å². The summed E-state index contributed by atoms with van der Waals surface area (Å²) in [6.07, 6.45) is -5.79. The number of benzene rings is 2. The molecule has 0 spiro atoms. The second-order valence-electron chi connectivity index (χ2n) is 6.94. The van der Waals surface area contributed by atoms with Gasteiger partial charge in [-0.3, -0.25) is 0 Å². The molecule has 1 atom stereocenters. The third-order valence-corrected chi connectivity index (χ3v) is 6.04. The lowest BCUT2D eigenvalue weighted by Gasteiger charge is -2.32. The Morgan fingerprint density at radius 2 is 1.84 bits per heavy atom. The Morgan fingerprint density at radius 1 is 1.12 bits per heavy atom. The van der Waals surface area contributed by atoms with Gasteiger partial charge in [-0.2, -0.15) is 23.3 Å². The van der Waals surface area contributed by atoms with Gasteiger partial charge >= 0.3 is 6.18 Å². The van der Waals surface area contributed by atoms with Crippen LogP contribution in [0.25, 0.3) is 11.3 Å². The van der Waals surface area contributed by atoms with E-state index in [1.165, 1.54) is 26.4 Å². The summed E-state index contributed by atoms with van der Waals surface area (Å²) in [4.78, 5) is 4.28. The minimum Gasteiger partial charge on any atom is -0.497 e. The topological polar surface area (TPSA) is 67.2 Å². The van der Waals surface area contributed by atoms with E-state index in [1.54, 1.807) is 35.7 Å². The lowest BCUT2D eigenvalue weighted by atomic mass is 10.00. The fraction of sp³-hybridized carbons (Fsp3) is 0.238. The molecule has 6 nitrogen and oxygen atoms in total. The van der Waals surface area contributed by atoms with Gasteiger partial charge in [-0.1, -0.05) is 23.7 Å². The molecule has 1 aliphatic heterocycles. The molecule has 2 aromatic carbocycles. The molecule has 0 saturated heterocycles. The predicted octanol–water partition coefficient (Wildman–Crippen LogP) is 5.35. The highest BCUT2D eigenvalue weighted by molar-refractivity contribution is 7.14. The van der Waals surface area contributed by atoms with Gasteiger partial charge in [0, 0.05) is 27.6 Å². The van der Waals surface area contributed by atoms with E-state index < -0.39 is 18.3 Å². The van der Waals surface area contributed by atoms with Crippen molar-refractivity contribution in [3.05, 3.63) is 58.4 Å². The number of alkyl halides is 3. The molecule has 1 aliphatic rings. The Bertz CT molecular complexity index is 1170. The molecule has 32 heavy (non-hydrogen) atoms. The summed E-state index contributed by atoms with van der Waals surface area (Å²) in [7, 11) is 2.85. The van der Waals surface area contributed by atoms with E-state index in [1.807, 2.05) is 0 Å². The summed E-state index contributed by atoms with van der Waals surface area (Å²) in [5.74, 6) is 0.745. The summed E-state index contributed by atoms with van der Waals surface area (Å²) in [5.41, 5.74) is -1.83. The van der Waals surface area contributed by atoms with Crippen LogP contribution in [0.5, 0.6) is 11.5 Å². The van der Waals surface area contributed by atoms with E-state index in [2.05, 4.69) is 10.1 Å². The summed E-state index contributed by atoms with van der Waals surface area (Å²) < 4.78 is 52.4. The van der Waals surface area contributed by atoms with E-state index in [0.717, 1.165) is 11.3 Å². The number of hydrazone groups is 1. The SMILES string of the molecule is COc1ccc(C2=NN(c3nc(-c4ccc(Cl)cc4)cs3)C(O)(C(F)(F)F)C2)c(OC)c1. The first kappa shape index (κ1) is 22.4. The van der Waals surface area contributed by atoms with E-state index >= 15 is 0 Å². The standard InChI is InChI=1S/C21H17ClF3N3O3S/c1-30-14-7-8-15(18(9-14)31-2)16-10-20(29,21(23,24)25)28(27-16)19-26-17(11-32-19)12-3-5-13(22)6-4-12/h3-9,11,29H,10H2,1-2H3. The van der Waals surface area contributed by atoms with E-state index in [-0.39, 0.29) is 16.6 Å². The largest absolute Gasteiger partial charge is 0.497 e. The van der Waals surface area contributed by atoms with Crippen molar-refractivity contribution in [1.29, 1.82) is 0 Å². The van der Waals surface area contributed by atoms with Crippen LogP contribution in [0.4, 0.5) is 18.3 Å². The minimum absolute atomic E-state index is 0.00701. The van der Waals surface area contributed by atoms with Crippen LogP contribution in [-0.4, -0.2) is 41.9 Å². The molecule has 1 aromatic heterocycles. The van der Waals surface area contributed by atoms with E-state index in [0.29, 0.717) is 32.6 Å². The van der Waals surface area contributed by atoms with E-state index in [4.69, 9.17) is 21.1 Å². The maximum absolute atomic E-state index is 14.0. The zero-order chi connectivity index (χ0) is 23.1. The third kappa shape index (κ3) is 3.89. The number of anilines is 1. The monoisotopic (exact) mass is 483 g/mol. The molecule has 1 unspecified atom stereocenters. The zero-order valence-electron chi connectivity index (χ0n) is 16.9. The Hall–Kier alpha value is -2.82. The maximum atomic E-state index is 14.0. The number of nitrogens with zero attached hydrogens (tertiary/aromatic N) is 3. The van der Waals surface area contributed by atoms with Crippen molar-refractivity contribution >= 4 is 33.8 Å². The molecule has 2 heterocycles. The maximum Gasteiger partial charge on any atom is 0.438 e. The van der Waals surface area contributed by atoms with Crippen molar-refractivity contribution in [2.75, 3.05) is 19.2 Å². The number of ether oxygens (including phenoxy) is 2. The Kier molecular flexibility index (Phi) is 5.78. The van der Waals surface area contributed by atoms with Crippen LogP contribution < -0.4 is 14.5 Å². The van der Waals surface area contributed by atoms with Crippen LogP contribution in [-0.2, 0) is 0 Å². The molecular weight excluding hydrogens is 467 g/mol. The van der Waals surface area contributed by atoms with Gasteiger partial charge in [0.25, 0.3) is 5.72 Å².